The number of hydrogen-bond donors (Lipinski definition) is 2. The van der Waals surface area contributed by atoms with Crippen LogP contribution in [-0.4, -0.2) is 37.4 Å². The molecular weight excluding hydrogens is 258 g/mol. The van der Waals surface area contributed by atoms with Crippen LogP contribution in [0.4, 0.5) is 0 Å². The highest BCUT2D eigenvalue weighted by atomic mass is 16.5. The Bertz CT molecular complexity index is 391. The molecule has 5 nitrogen and oxygen atoms in total. The third kappa shape index (κ3) is 6.43. The molecule has 1 atom stereocenters. The summed E-state index contributed by atoms with van der Waals surface area (Å²) in [6.07, 6.45) is 1.40. The third-order valence-electron chi connectivity index (χ3n) is 2.81. The number of carbonyl (C=O) groups excluding carboxylic acids is 1. The Balaban J connectivity index is 2.17. The van der Waals surface area contributed by atoms with Gasteiger partial charge in [-0.15, -0.1) is 0 Å². The lowest BCUT2D eigenvalue weighted by atomic mass is 10.2. The topological polar surface area (TPSA) is 67.8 Å². The van der Waals surface area contributed by atoms with Crippen molar-refractivity contribution >= 4 is 5.91 Å². The van der Waals surface area contributed by atoms with Crippen molar-refractivity contribution in [3.8, 4) is 11.5 Å². The van der Waals surface area contributed by atoms with E-state index in [1.807, 2.05) is 6.92 Å². The van der Waals surface area contributed by atoms with Crippen LogP contribution in [0.15, 0.2) is 24.3 Å². The van der Waals surface area contributed by atoms with E-state index in [0.717, 1.165) is 12.2 Å². The van der Waals surface area contributed by atoms with Crippen molar-refractivity contribution in [3.05, 3.63) is 24.3 Å². The van der Waals surface area contributed by atoms with Crippen LogP contribution >= 0.6 is 0 Å². The van der Waals surface area contributed by atoms with Crippen LogP contribution in [0.3, 0.4) is 0 Å². The van der Waals surface area contributed by atoms with Crippen LogP contribution in [0.2, 0.25) is 0 Å². The summed E-state index contributed by atoms with van der Waals surface area (Å²) in [5, 5.41) is 12.2. The van der Waals surface area contributed by atoms with Crippen molar-refractivity contribution in [2.75, 3.05) is 20.3 Å². The smallest absolute Gasteiger partial charge is 0.223 e. The molecule has 1 amide bonds. The Morgan fingerprint density at radius 1 is 1.30 bits per heavy atom. The summed E-state index contributed by atoms with van der Waals surface area (Å²) in [7, 11) is 1.60. The number of nitrogens with one attached hydrogen (secondary N) is 1. The number of amides is 1. The molecule has 112 valence electrons. The lowest BCUT2D eigenvalue weighted by Crippen LogP contribution is -2.32. The Kier molecular flexibility index (Phi) is 7.50. The number of benzene rings is 1. The standard InChI is InChI=1S/C15H23NO4/c1-3-4-12(17)11-16-15(18)9-10-20-14-7-5-13(19-2)6-8-14/h5-8,12,17H,3-4,9-11H2,1-2H3,(H,16,18). The molecule has 0 aliphatic heterocycles. The van der Waals surface area contributed by atoms with E-state index in [1.54, 1.807) is 31.4 Å². The second kappa shape index (κ2) is 9.20. The van der Waals surface area contributed by atoms with E-state index < -0.39 is 6.10 Å². The monoisotopic (exact) mass is 281 g/mol. The molecule has 0 aliphatic carbocycles. The van der Waals surface area contributed by atoms with Crippen LogP contribution in [-0.2, 0) is 4.79 Å². The van der Waals surface area contributed by atoms with Gasteiger partial charge in [0.05, 0.1) is 26.2 Å². The molecule has 1 aromatic carbocycles. The van der Waals surface area contributed by atoms with Gasteiger partial charge in [0.15, 0.2) is 0 Å². The Morgan fingerprint density at radius 3 is 2.55 bits per heavy atom. The van der Waals surface area contributed by atoms with Gasteiger partial charge in [-0.25, -0.2) is 0 Å². The highest BCUT2D eigenvalue weighted by Gasteiger charge is 2.06. The fourth-order valence-corrected chi connectivity index (χ4v) is 1.69. The molecule has 0 aromatic heterocycles. The lowest BCUT2D eigenvalue weighted by Gasteiger charge is -2.11. The highest BCUT2D eigenvalue weighted by molar-refractivity contribution is 5.76. The third-order valence-corrected chi connectivity index (χ3v) is 2.81. The fourth-order valence-electron chi connectivity index (χ4n) is 1.69. The summed E-state index contributed by atoms with van der Waals surface area (Å²) >= 11 is 0. The summed E-state index contributed by atoms with van der Waals surface area (Å²) in [4.78, 5) is 11.5. The number of rotatable bonds is 9. The zero-order valence-electron chi connectivity index (χ0n) is 12.1. The van der Waals surface area contributed by atoms with E-state index in [1.165, 1.54) is 0 Å². The SMILES string of the molecule is CCCC(O)CNC(=O)CCOc1ccc(OC)cc1. The van der Waals surface area contributed by atoms with E-state index >= 15 is 0 Å². The summed E-state index contributed by atoms with van der Waals surface area (Å²) in [6, 6.07) is 7.19. The van der Waals surface area contributed by atoms with Gasteiger partial charge in [0.2, 0.25) is 5.91 Å². The molecule has 2 N–H and O–H groups in total. The Hall–Kier alpha value is -1.75. The molecular formula is C15H23NO4. The molecule has 5 heteroatoms. The van der Waals surface area contributed by atoms with Gasteiger partial charge in [-0.2, -0.15) is 0 Å². The van der Waals surface area contributed by atoms with E-state index in [2.05, 4.69) is 5.32 Å². The average Bonchev–Trinajstić information content (AvgIpc) is 2.46. The molecule has 20 heavy (non-hydrogen) atoms. The minimum absolute atomic E-state index is 0.117. The van der Waals surface area contributed by atoms with Gasteiger partial charge in [0.25, 0.3) is 0 Å². The Morgan fingerprint density at radius 2 is 1.95 bits per heavy atom. The summed E-state index contributed by atoms with van der Waals surface area (Å²) in [5.74, 6) is 1.35. The maximum Gasteiger partial charge on any atom is 0.223 e. The van der Waals surface area contributed by atoms with Gasteiger partial charge < -0.3 is 19.9 Å². The van der Waals surface area contributed by atoms with Gasteiger partial charge in [-0.1, -0.05) is 13.3 Å². The average molecular weight is 281 g/mol. The van der Waals surface area contributed by atoms with E-state index in [9.17, 15) is 9.90 Å². The largest absolute Gasteiger partial charge is 0.497 e. The number of aliphatic hydroxyl groups is 1. The van der Waals surface area contributed by atoms with Crippen molar-refractivity contribution in [1.29, 1.82) is 0 Å². The predicted molar refractivity (Wildman–Crippen MR) is 77.0 cm³/mol. The molecule has 0 spiro atoms. The van der Waals surface area contributed by atoms with E-state index in [-0.39, 0.29) is 12.3 Å². The highest BCUT2D eigenvalue weighted by Crippen LogP contribution is 2.16. The van der Waals surface area contributed by atoms with Gasteiger partial charge in [-0.05, 0) is 30.7 Å². The minimum Gasteiger partial charge on any atom is -0.497 e. The quantitative estimate of drug-likeness (QED) is 0.723. The zero-order chi connectivity index (χ0) is 14.8. The van der Waals surface area contributed by atoms with Crippen LogP contribution in [0.5, 0.6) is 11.5 Å². The van der Waals surface area contributed by atoms with Gasteiger partial charge in [-0.3, -0.25) is 4.79 Å². The summed E-state index contributed by atoms with van der Waals surface area (Å²) in [6.45, 7) is 2.60. The van der Waals surface area contributed by atoms with Crippen molar-refractivity contribution in [2.45, 2.75) is 32.3 Å². The Labute approximate surface area is 119 Å². The summed E-state index contributed by atoms with van der Waals surface area (Å²) in [5.41, 5.74) is 0. The number of ether oxygens (including phenoxy) is 2. The minimum atomic E-state index is -0.466. The maximum atomic E-state index is 11.5. The molecule has 0 aliphatic rings. The first-order chi connectivity index (χ1) is 9.65. The van der Waals surface area contributed by atoms with Crippen LogP contribution in [0.1, 0.15) is 26.2 Å². The number of methoxy groups -OCH3 is 1. The first-order valence-electron chi connectivity index (χ1n) is 6.87. The van der Waals surface area contributed by atoms with Crippen LogP contribution < -0.4 is 14.8 Å². The first kappa shape index (κ1) is 16.3. The lowest BCUT2D eigenvalue weighted by molar-refractivity contribution is -0.122. The van der Waals surface area contributed by atoms with Gasteiger partial charge in [0.1, 0.15) is 11.5 Å². The predicted octanol–water partition coefficient (Wildman–Crippen LogP) is 1.74. The zero-order valence-corrected chi connectivity index (χ0v) is 12.1. The molecule has 0 fully saturated rings. The van der Waals surface area contributed by atoms with Crippen LogP contribution in [0, 0.1) is 0 Å². The van der Waals surface area contributed by atoms with E-state index in [0.29, 0.717) is 25.3 Å². The molecule has 0 saturated heterocycles. The molecule has 1 unspecified atom stereocenters. The van der Waals surface area contributed by atoms with E-state index in [4.69, 9.17) is 9.47 Å². The molecule has 1 rings (SSSR count). The van der Waals surface area contributed by atoms with Gasteiger partial charge >= 0.3 is 0 Å². The maximum absolute atomic E-state index is 11.5. The summed E-state index contributed by atoms with van der Waals surface area (Å²) < 4.78 is 10.5. The second-order valence-corrected chi connectivity index (χ2v) is 4.52. The molecule has 0 saturated carbocycles. The van der Waals surface area contributed by atoms with Crippen molar-refractivity contribution in [2.24, 2.45) is 0 Å². The fraction of sp³-hybridized carbons (Fsp3) is 0.533. The van der Waals surface area contributed by atoms with Crippen molar-refractivity contribution < 1.29 is 19.4 Å². The number of aliphatic hydroxyl groups excluding tert-OH is 1. The molecule has 0 heterocycles. The van der Waals surface area contributed by atoms with Crippen molar-refractivity contribution in [3.63, 3.8) is 0 Å². The number of carbonyl (C=O) groups is 1. The molecule has 0 bridgehead atoms. The molecule has 1 aromatic rings. The van der Waals surface area contributed by atoms with Gasteiger partial charge in [0, 0.05) is 6.54 Å². The van der Waals surface area contributed by atoms with Crippen molar-refractivity contribution in [1.82, 2.24) is 5.32 Å². The first-order valence-corrected chi connectivity index (χ1v) is 6.87. The second-order valence-electron chi connectivity index (χ2n) is 4.52. The molecule has 0 radical (unpaired) electrons. The van der Waals surface area contributed by atoms with Crippen LogP contribution in [0.25, 0.3) is 0 Å². The normalized spacial score (nSPS) is 11.8. The number of hydrogen-bond acceptors (Lipinski definition) is 4.